The molecular weight excluding hydrogens is 472 g/mol. The Morgan fingerprint density at radius 1 is 0.889 bits per heavy atom. The third-order valence-electron chi connectivity index (χ3n) is 5.87. The van der Waals surface area contributed by atoms with Crippen LogP contribution in [0.25, 0.3) is 16.5 Å². The molecule has 1 aliphatic heterocycles. The van der Waals surface area contributed by atoms with Crippen molar-refractivity contribution in [2.75, 3.05) is 17.7 Å². The lowest BCUT2D eigenvalue weighted by Gasteiger charge is -2.26. The number of carbonyl (C=O) groups is 1. The van der Waals surface area contributed by atoms with Gasteiger partial charge in [0.2, 0.25) is 5.91 Å². The zero-order chi connectivity index (χ0) is 24.3. The van der Waals surface area contributed by atoms with E-state index in [-0.39, 0.29) is 11.7 Å². The lowest BCUT2D eigenvalue weighted by molar-refractivity contribution is -0.113. The average molecular weight is 495 g/mol. The van der Waals surface area contributed by atoms with Crippen LogP contribution in [0, 0.1) is 0 Å². The topological polar surface area (TPSA) is 78.3 Å². The SMILES string of the molecule is O=C(CSc1nnc([C@@H]2COc3ccccc3O2)n1-c1ccccc1)Nc1cccc2ccccc12. The summed E-state index contributed by atoms with van der Waals surface area (Å²) in [7, 11) is 0. The van der Waals surface area contributed by atoms with Crippen molar-refractivity contribution >= 4 is 34.1 Å². The van der Waals surface area contributed by atoms with Gasteiger partial charge in [0, 0.05) is 16.8 Å². The molecule has 7 nitrogen and oxygen atoms in total. The zero-order valence-corrected chi connectivity index (χ0v) is 20.0. The molecule has 4 aromatic carbocycles. The first-order chi connectivity index (χ1) is 17.8. The minimum atomic E-state index is -0.438. The molecule has 1 N–H and O–H groups in total. The minimum absolute atomic E-state index is 0.119. The molecule has 0 saturated heterocycles. The molecule has 0 unspecified atom stereocenters. The van der Waals surface area contributed by atoms with Gasteiger partial charge in [-0.2, -0.15) is 0 Å². The number of amides is 1. The van der Waals surface area contributed by atoms with Crippen LogP contribution in [0.1, 0.15) is 11.9 Å². The monoisotopic (exact) mass is 494 g/mol. The van der Waals surface area contributed by atoms with E-state index in [1.54, 1.807) is 0 Å². The van der Waals surface area contributed by atoms with E-state index in [2.05, 4.69) is 15.5 Å². The number of hydrogen-bond acceptors (Lipinski definition) is 6. The predicted molar refractivity (Wildman–Crippen MR) is 140 cm³/mol. The Bertz CT molecular complexity index is 1530. The van der Waals surface area contributed by atoms with Gasteiger partial charge in [0.05, 0.1) is 5.75 Å². The van der Waals surface area contributed by atoms with Crippen LogP contribution in [0.4, 0.5) is 5.69 Å². The maximum atomic E-state index is 12.9. The molecule has 5 aromatic rings. The molecule has 178 valence electrons. The minimum Gasteiger partial charge on any atom is -0.485 e. The van der Waals surface area contributed by atoms with Gasteiger partial charge in [-0.1, -0.05) is 78.5 Å². The number of fused-ring (bicyclic) bond motifs is 2. The Morgan fingerprint density at radius 3 is 2.53 bits per heavy atom. The van der Waals surface area contributed by atoms with Crippen LogP contribution < -0.4 is 14.8 Å². The summed E-state index contributed by atoms with van der Waals surface area (Å²) in [5, 5.41) is 14.6. The average Bonchev–Trinajstić information content (AvgIpc) is 3.36. The van der Waals surface area contributed by atoms with Crippen LogP contribution in [0.15, 0.2) is 102 Å². The van der Waals surface area contributed by atoms with E-state index in [1.165, 1.54) is 11.8 Å². The van der Waals surface area contributed by atoms with Gasteiger partial charge < -0.3 is 14.8 Å². The molecule has 0 spiro atoms. The van der Waals surface area contributed by atoms with Crippen molar-refractivity contribution in [3.63, 3.8) is 0 Å². The summed E-state index contributed by atoms with van der Waals surface area (Å²) in [4.78, 5) is 12.9. The Labute approximate surface area is 212 Å². The Kier molecular flexibility index (Phi) is 6.01. The van der Waals surface area contributed by atoms with Gasteiger partial charge in [-0.25, -0.2) is 0 Å². The summed E-state index contributed by atoms with van der Waals surface area (Å²) >= 11 is 1.33. The number of carbonyl (C=O) groups excluding carboxylic acids is 1. The van der Waals surface area contributed by atoms with Crippen molar-refractivity contribution in [2.45, 2.75) is 11.3 Å². The summed E-state index contributed by atoms with van der Waals surface area (Å²) < 4.78 is 14.0. The van der Waals surface area contributed by atoms with Gasteiger partial charge in [0.1, 0.15) is 6.61 Å². The maximum absolute atomic E-state index is 12.9. The number of aromatic nitrogens is 3. The van der Waals surface area contributed by atoms with Crippen LogP contribution in [-0.4, -0.2) is 33.0 Å². The van der Waals surface area contributed by atoms with Crippen LogP contribution in [0.5, 0.6) is 11.5 Å². The van der Waals surface area contributed by atoms with E-state index in [1.807, 2.05) is 102 Å². The Hall–Kier alpha value is -4.30. The number of rotatable bonds is 6. The van der Waals surface area contributed by atoms with Crippen LogP contribution in [-0.2, 0) is 4.79 Å². The number of benzene rings is 4. The van der Waals surface area contributed by atoms with Crippen molar-refractivity contribution in [3.8, 4) is 17.2 Å². The second-order valence-electron chi connectivity index (χ2n) is 8.24. The van der Waals surface area contributed by atoms with E-state index in [0.29, 0.717) is 29.1 Å². The van der Waals surface area contributed by atoms with Crippen molar-refractivity contribution in [2.24, 2.45) is 0 Å². The number of hydrogen-bond donors (Lipinski definition) is 1. The van der Waals surface area contributed by atoms with Gasteiger partial charge in [-0.05, 0) is 35.7 Å². The number of nitrogens with one attached hydrogen (secondary N) is 1. The molecule has 1 aliphatic rings. The number of anilines is 1. The number of ether oxygens (including phenoxy) is 2. The number of thioether (sulfide) groups is 1. The third kappa shape index (κ3) is 4.38. The molecule has 1 aromatic heterocycles. The van der Waals surface area contributed by atoms with Crippen molar-refractivity contribution < 1.29 is 14.3 Å². The largest absolute Gasteiger partial charge is 0.485 e. The molecule has 0 fully saturated rings. The Balaban J connectivity index is 1.24. The highest BCUT2D eigenvalue weighted by Gasteiger charge is 2.29. The molecule has 0 aliphatic carbocycles. The molecular formula is C28H22N4O3S. The highest BCUT2D eigenvalue weighted by Crippen LogP contribution is 2.37. The lowest BCUT2D eigenvalue weighted by Crippen LogP contribution is -2.24. The third-order valence-corrected chi connectivity index (χ3v) is 6.79. The predicted octanol–water partition coefficient (Wildman–Crippen LogP) is 5.66. The van der Waals surface area contributed by atoms with Crippen LogP contribution >= 0.6 is 11.8 Å². The van der Waals surface area contributed by atoms with E-state index in [9.17, 15) is 4.79 Å². The highest BCUT2D eigenvalue weighted by atomic mass is 32.2. The fourth-order valence-corrected chi connectivity index (χ4v) is 4.96. The molecule has 6 rings (SSSR count). The van der Waals surface area contributed by atoms with Gasteiger partial charge in [-0.15, -0.1) is 10.2 Å². The Morgan fingerprint density at radius 2 is 1.64 bits per heavy atom. The van der Waals surface area contributed by atoms with Gasteiger partial charge in [0.25, 0.3) is 0 Å². The summed E-state index contributed by atoms with van der Waals surface area (Å²) in [5.41, 5.74) is 1.67. The molecule has 0 radical (unpaired) electrons. The molecule has 0 bridgehead atoms. The summed E-state index contributed by atoms with van der Waals surface area (Å²) in [6, 6.07) is 31.2. The van der Waals surface area contributed by atoms with Crippen LogP contribution in [0.2, 0.25) is 0 Å². The van der Waals surface area contributed by atoms with E-state index < -0.39 is 6.10 Å². The molecule has 0 saturated carbocycles. The normalized spacial score (nSPS) is 14.5. The molecule has 1 atom stereocenters. The first kappa shape index (κ1) is 22.2. The standard InChI is InChI=1S/C28H22N4O3S/c33-26(29-22-14-8-10-19-9-4-5-13-21(19)22)18-36-28-31-30-27(32(28)20-11-2-1-3-12-20)25-17-34-23-15-6-7-16-24(23)35-25/h1-16,25H,17-18H2,(H,29,33)/t25-/m0/s1. The van der Waals surface area contributed by atoms with Gasteiger partial charge in [-0.3, -0.25) is 9.36 Å². The maximum Gasteiger partial charge on any atom is 0.234 e. The smallest absolute Gasteiger partial charge is 0.234 e. The van der Waals surface area contributed by atoms with Gasteiger partial charge >= 0.3 is 0 Å². The fraction of sp³-hybridized carbons (Fsp3) is 0.107. The highest BCUT2D eigenvalue weighted by molar-refractivity contribution is 7.99. The van der Waals surface area contributed by atoms with E-state index >= 15 is 0 Å². The summed E-state index contributed by atoms with van der Waals surface area (Å²) in [6.45, 7) is 0.314. The van der Waals surface area contributed by atoms with E-state index in [4.69, 9.17) is 9.47 Å². The quantitative estimate of drug-likeness (QED) is 0.307. The first-order valence-corrected chi connectivity index (χ1v) is 12.5. The van der Waals surface area contributed by atoms with Gasteiger partial charge in [0.15, 0.2) is 28.6 Å². The van der Waals surface area contributed by atoms with Crippen molar-refractivity contribution in [1.29, 1.82) is 0 Å². The number of nitrogens with zero attached hydrogens (tertiary/aromatic N) is 3. The number of para-hydroxylation sites is 3. The molecule has 36 heavy (non-hydrogen) atoms. The second-order valence-corrected chi connectivity index (χ2v) is 9.18. The molecule has 8 heteroatoms. The molecule has 1 amide bonds. The lowest BCUT2D eigenvalue weighted by atomic mass is 10.1. The van der Waals surface area contributed by atoms with Crippen LogP contribution in [0.3, 0.4) is 0 Å². The first-order valence-electron chi connectivity index (χ1n) is 11.6. The second kappa shape index (κ2) is 9.75. The van der Waals surface area contributed by atoms with Crippen molar-refractivity contribution in [1.82, 2.24) is 14.8 Å². The summed E-state index contributed by atoms with van der Waals surface area (Å²) in [6.07, 6.45) is -0.438. The summed E-state index contributed by atoms with van der Waals surface area (Å²) in [5.74, 6) is 2.05. The zero-order valence-electron chi connectivity index (χ0n) is 19.2. The molecule has 2 heterocycles. The van der Waals surface area contributed by atoms with Crippen molar-refractivity contribution in [3.05, 3.63) is 103 Å². The fourth-order valence-electron chi connectivity index (χ4n) is 4.20. The van der Waals surface area contributed by atoms with E-state index in [0.717, 1.165) is 22.1 Å².